The molecular weight excluding hydrogens is 634 g/mol. The molecule has 1 aliphatic rings. The predicted molar refractivity (Wildman–Crippen MR) is 175 cm³/mol. The molecular formula is C34H66BNO7Y. The van der Waals surface area contributed by atoms with Gasteiger partial charge in [0.1, 0.15) is 26.2 Å². The summed E-state index contributed by atoms with van der Waals surface area (Å²) in [6.07, 6.45) is 18.6. The Kier molecular flexibility index (Phi) is 34.4. The zero-order valence-corrected chi connectivity index (χ0v) is 31.8. The predicted octanol–water partition coefficient (Wildman–Crippen LogP) is 6.78. The molecule has 4 unspecified atom stereocenters. The van der Waals surface area contributed by atoms with Crippen LogP contribution < -0.4 is 5.32 Å². The van der Waals surface area contributed by atoms with Crippen LogP contribution in [0.1, 0.15) is 150 Å². The van der Waals surface area contributed by atoms with E-state index in [9.17, 15) is 14.7 Å². The number of unbranched alkanes of at least 4 members (excludes halogenated alkanes) is 15. The number of carbonyl (C=O) groups excluding carboxylic acids is 2. The van der Waals surface area contributed by atoms with Crippen LogP contribution in [0.15, 0.2) is 0 Å². The van der Waals surface area contributed by atoms with Crippen LogP contribution in [0.5, 0.6) is 0 Å². The van der Waals surface area contributed by atoms with Crippen LogP contribution >= 0.6 is 0 Å². The SMILES string of the molecule is CC.[B]C1OC(COC(C)C)C(O)C1OCCCCCCNC(=O)COC(=O)CCCCCCCCCCCCCCC.[Y]. The molecule has 44 heavy (non-hydrogen) atoms. The maximum Gasteiger partial charge on any atom is 0.306 e. The van der Waals surface area contributed by atoms with E-state index in [0.29, 0.717) is 19.6 Å². The van der Waals surface area contributed by atoms with Gasteiger partial charge in [-0.05, 0) is 33.1 Å². The summed E-state index contributed by atoms with van der Waals surface area (Å²) >= 11 is 0. The summed E-state index contributed by atoms with van der Waals surface area (Å²) in [6, 6.07) is -0.663. The zero-order chi connectivity index (χ0) is 32.1. The monoisotopic (exact) mass is 700 g/mol. The molecule has 2 N–H and O–H groups in total. The van der Waals surface area contributed by atoms with Crippen molar-refractivity contribution in [3.63, 3.8) is 0 Å². The van der Waals surface area contributed by atoms with Crippen molar-refractivity contribution in [1.82, 2.24) is 5.32 Å². The second-order valence-corrected chi connectivity index (χ2v) is 11.8. The smallest absolute Gasteiger partial charge is 0.306 e. The van der Waals surface area contributed by atoms with Crippen LogP contribution in [0.25, 0.3) is 0 Å². The Morgan fingerprint density at radius 2 is 1.36 bits per heavy atom. The Hall–Kier alpha value is -0.0512. The Bertz CT molecular complexity index is 659. The normalized spacial score (nSPS) is 19.2. The Morgan fingerprint density at radius 3 is 1.93 bits per heavy atom. The van der Waals surface area contributed by atoms with Gasteiger partial charge in [0.05, 0.1) is 12.7 Å². The molecule has 4 atom stereocenters. The second-order valence-electron chi connectivity index (χ2n) is 11.8. The average Bonchev–Trinajstić information content (AvgIpc) is 3.27. The molecule has 255 valence electrons. The summed E-state index contributed by atoms with van der Waals surface area (Å²) in [7, 11) is 5.95. The number of aliphatic hydroxyl groups is 1. The molecule has 0 aliphatic carbocycles. The van der Waals surface area contributed by atoms with E-state index in [2.05, 4.69) is 12.2 Å². The molecule has 10 heteroatoms. The number of amides is 1. The maximum absolute atomic E-state index is 11.9. The first kappa shape index (κ1) is 46.1. The molecule has 0 saturated carbocycles. The van der Waals surface area contributed by atoms with Crippen LogP contribution in [-0.4, -0.2) is 81.6 Å². The second kappa shape index (κ2) is 32.9. The number of ether oxygens (including phenoxy) is 4. The van der Waals surface area contributed by atoms with E-state index >= 15 is 0 Å². The van der Waals surface area contributed by atoms with Crippen molar-refractivity contribution in [3.8, 4) is 0 Å². The van der Waals surface area contributed by atoms with Gasteiger partial charge in [-0.2, -0.15) is 0 Å². The van der Waals surface area contributed by atoms with Crippen molar-refractivity contribution >= 4 is 19.7 Å². The molecule has 0 aromatic heterocycles. The minimum absolute atomic E-state index is 0. The van der Waals surface area contributed by atoms with Gasteiger partial charge >= 0.3 is 5.97 Å². The fraction of sp³-hybridized carbons (Fsp3) is 0.941. The van der Waals surface area contributed by atoms with Crippen LogP contribution in [0, 0.1) is 0 Å². The minimum atomic E-state index is -0.803. The molecule has 0 aromatic rings. The maximum atomic E-state index is 11.9. The van der Waals surface area contributed by atoms with Gasteiger partial charge in [0.25, 0.3) is 5.91 Å². The molecule has 1 amide bonds. The molecule has 1 fully saturated rings. The van der Waals surface area contributed by atoms with Gasteiger partial charge in [-0.3, -0.25) is 9.59 Å². The first-order chi connectivity index (χ1) is 20.8. The number of hydrogen-bond donors (Lipinski definition) is 2. The largest absolute Gasteiger partial charge is 0.456 e. The third-order valence-corrected chi connectivity index (χ3v) is 7.52. The van der Waals surface area contributed by atoms with Crippen molar-refractivity contribution in [1.29, 1.82) is 0 Å². The van der Waals surface area contributed by atoms with Crippen LogP contribution in [-0.2, 0) is 61.2 Å². The molecule has 8 nitrogen and oxygen atoms in total. The number of aliphatic hydroxyl groups excluding tert-OH is 1. The van der Waals surface area contributed by atoms with Gasteiger partial charge in [-0.15, -0.1) is 0 Å². The van der Waals surface area contributed by atoms with Gasteiger partial charge in [0.2, 0.25) is 0 Å². The van der Waals surface area contributed by atoms with Gasteiger partial charge in [0, 0.05) is 58.3 Å². The number of rotatable bonds is 27. The van der Waals surface area contributed by atoms with E-state index in [-0.39, 0.29) is 63.9 Å². The number of esters is 1. The van der Waals surface area contributed by atoms with Crippen molar-refractivity contribution in [2.45, 2.75) is 181 Å². The fourth-order valence-corrected chi connectivity index (χ4v) is 4.97. The first-order valence-electron chi connectivity index (χ1n) is 17.6. The molecule has 0 spiro atoms. The Balaban J connectivity index is 0. The first-order valence-corrected chi connectivity index (χ1v) is 17.6. The summed E-state index contributed by atoms with van der Waals surface area (Å²) in [5, 5.41) is 13.2. The molecule has 0 bridgehead atoms. The molecule has 3 radical (unpaired) electrons. The summed E-state index contributed by atoms with van der Waals surface area (Å²) in [5.41, 5.74) is 0. The quantitative estimate of drug-likeness (QED) is 0.0554. The van der Waals surface area contributed by atoms with Gasteiger partial charge in [-0.25, -0.2) is 0 Å². The average molecular weight is 701 g/mol. The van der Waals surface area contributed by atoms with E-state index in [1.807, 2.05) is 27.7 Å². The minimum Gasteiger partial charge on any atom is -0.456 e. The van der Waals surface area contributed by atoms with Crippen molar-refractivity contribution in [2.75, 3.05) is 26.4 Å². The van der Waals surface area contributed by atoms with Gasteiger partial charge in [0.15, 0.2) is 6.61 Å². The van der Waals surface area contributed by atoms with E-state index in [0.717, 1.165) is 44.9 Å². The summed E-state index contributed by atoms with van der Waals surface area (Å²) < 4.78 is 22.0. The van der Waals surface area contributed by atoms with Crippen LogP contribution in [0.3, 0.4) is 0 Å². The summed E-state index contributed by atoms with van der Waals surface area (Å²) in [5.74, 6) is -0.549. The van der Waals surface area contributed by atoms with E-state index in [1.165, 1.54) is 64.2 Å². The number of nitrogens with one attached hydrogen (secondary N) is 1. The van der Waals surface area contributed by atoms with Crippen LogP contribution in [0.2, 0.25) is 0 Å². The molecule has 1 rings (SSSR count). The summed E-state index contributed by atoms with van der Waals surface area (Å²) in [6.45, 7) is 11.2. The molecule has 0 aromatic carbocycles. The molecule has 1 saturated heterocycles. The zero-order valence-electron chi connectivity index (χ0n) is 29.0. The Morgan fingerprint density at radius 1 is 0.841 bits per heavy atom. The fourth-order valence-electron chi connectivity index (χ4n) is 4.97. The van der Waals surface area contributed by atoms with Crippen molar-refractivity contribution in [2.24, 2.45) is 0 Å². The van der Waals surface area contributed by atoms with Crippen LogP contribution in [0.4, 0.5) is 0 Å². The van der Waals surface area contributed by atoms with Crippen molar-refractivity contribution < 1.29 is 66.4 Å². The van der Waals surface area contributed by atoms with Gasteiger partial charge < -0.3 is 29.4 Å². The summed E-state index contributed by atoms with van der Waals surface area (Å²) in [4.78, 5) is 23.8. The third-order valence-electron chi connectivity index (χ3n) is 7.52. The van der Waals surface area contributed by atoms with E-state index in [4.69, 9.17) is 26.8 Å². The topological polar surface area (TPSA) is 103 Å². The number of carbonyl (C=O) groups is 2. The van der Waals surface area contributed by atoms with E-state index < -0.39 is 24.3 Å². The molecule has 1 heterocycles. The molecule has 1 aliphatic heterocycles. The number of hydrogen-bond acceptors (Lipinski definition) is 7. The van der Waals surface area contributed by atoms with Crippen molar-refractivity contribution in [3.05, 3.63) is 0 Å². The van der Waals surface area contributed by atoms with Gasteiger partial charge in [-0.1, -0.05) is 111 Å². The Labute approximate surface area is 296 Å². The third kappa shape index (κ3) is 26.1. The standard InChI is InChI=1S/C32H60BNO7.C2H6.Y/c1-4-5-6-7-8-9-10-11-12-13-14-15-18-21-29(36)40-25-28(35)34-22-19-16-17-20-23-38-31-30(37)27(41-32(31)33)24-39-26(2)3;1-2;/h26-27,30-32,37H,4-25H2,1-3H3,(H,34,35);1-2H3;. The van der Waals surface area contributed by atoms with E-state index in [1.54, 1.807) is 0 Å².